The van der Waals surface area contributed by atoms with Gasteiger partial charge in [-0.3, -0.25) is 0 Å². The van der Waals surface area contributed by atoms with Gasteiger partial charge in [-0.2, -0.15) is 4.39 Å². The monoisotopic (exact) mass is 223 g/mol. The molecule has 1 aromatic heterocycles. The number of halogens is 4. The second-order valence-corrected chi connectivity index (χ2v) is 2.85. The lowest BCUT2D eigenvalue weighted by Crippen LogP contribution is -1.96. The zero-order valence-electron chi connectivity index (χ0n) is 6.33. The number of hydrogen-bond acceptors (Lipinski definition) is 2. The minimum Gasteiger partial charge on any atom is -0.426 e. The zero-order chi connectivity index (χ0) is 10.5. The van der Waals surface area contributed by atoms with E-state index in [2.05, 4.69) is 21.6 Å². The molecular weight excluding hydrogens is 222 g/mol. The summed E-state index contributed by atoms with van der Waals surface area (Å²) in [6.07, 6.45) is 0. The Balaban J connectivity index is 3.08. The van der Waals surface area contributed by atoms with Crippen LogP contribution in [0.3, 0.4) is 0 Å². The van der Waals surface area contributed by atoms with Crippen LogP contribution < -0.4 is 0 Å². The van der Waals surface area contributed by atoms with Crippen LogP contribution in [0, 0.1) is 28.1 Å². The Morgan fingerprint density at radius 3 is 2.14 bits per heavy atom. The summed E-state index contributed by atoms with van der Waals surface area (Å²) in [5.74, 6) is -6.99. The van der Waals surface area contributed by atoms with Gasteiger partial charge in [0.05, 0.1) is 0 Å². The van der Waals surface area contributed by atoms with Crippen LogP contribution in [0.5, 0.6) is 0 Å². The number of fused-ring (bicyclic) bond motifs is 1. The average Bonchev–Trinajstić information content (AvgIpc) is 2.54. The molecular formula is C7HF4NOS. The van der Waals surface area contributed by atoms with Crippen LogP contribution in [-0.4, -0.2) is 4.98 Å². The number of aromatic nitrogens is 1. The fraction of sp³-hybridized carbons (Fsp3) is 0. The first-order valence-corrected chi connectivity index (χ1v) is 3.78. The molecule has 0 bridgehead atoms. The van der Waals surface area contributed by atoms with Gasteiger partial charge < -0.3 is 9.40 Å². The summed E-state index contributed by atoms with van der Waals surface area (Å²) in [7, 11) is 0. The topological polar surface area (TPSA) is 28.9 Å². The quantitative estimate of drug-likeness (QED) is 0.322. The first-order chi connectivity index (χ1) is 6.52. The van der Waals surface area contributed by atoms with E-state index in [4.69, 9.17) is 0 Å². The summed E-state index contributed by atoms with van der Waals surface area (Å²) in [6, 6.07) is 0. The number of rotatable bonds is 0. The maximum atomic E-state index is 12.9. The highest BCUT2D eigenvalue weighted by molar-refractivity contribution is 7.71. The van der Waals surface area contributed by atoms with E-state index >= 15 is 0 Å². The number of hydrogen-bond donors (Lipinski definition) is 1. The van der Waals surface area contributed by atoms with E-state index in [1.807, 2.05) is 0 Å². The van der Waals surface area contributed by atoms with E-state index < -0.39 is 34.4 Å². The van der Waals surface area contributed by atoms with Crippen LogP contribution >= 0.6 is 12.2 Å². The van der Waals surface area contributed by atoms with Gasteiger partial charge in [0.25, 0.3) is 4.84 Å². The summed E-state index contributed by atoms with van der Waals surface area (Å²) >= 11 is 4.42. The van der Waals surface area contributed by atoms with Gasteiger partial charge in [0.15, 0.2) is 17.2 Å². The fourth-order valence-corrected chi connectivity index (χ4v) is 1.22. The number of nitrogens with one attached hydrogen (secondary N) is 1. The molecule has 2 nitrogen and oxygen atoms in total. The second kappa shape index (κ2) is 2.81. The van der Waals surface area contributed by atoms with Crippen LogP contribution in [0.1, 0.15) is 0 Å². The predicted molar refractivity (Wildman–Crippen MR) is 41.2 cm³/mol. The molecule has 0 amide bonds. The van der Waals surface area contributed by atoms with E-state index in [1.54, 1.807) is 0 Å². The standard InChI is InChI=1S/C7HF4NOS/c8-1-2(9)4(11)6-5(3(1)10)12-7(14)13-6/h(H,12,14). The maximum absolute atomic E-state index is 12.9. The van der Waals surface area contributed by atoms with E-state index in [-0.39, 0.29) is 4.84 Å². The molecule has 0 fully saturated rings. The molecule has 0 saturated carbocycles. The van der Waals surface area contributed by atoms with Crippen molar-refractivity contribution in [3.05, 3.63) is 28.1 Å². The second-order valence-electron chi connectivity index (χ2n) is 2.47. The molecule has 7 heteroatoms. The normalized spacial score (nSPS) is 11.1. The van der Waals surface area contributed by atoms with Crippen molar-refractivity contribution in [1.82, 2.24) is 4.98 Å². The molecule has 0 spiro atoms. The first-order valence-electron chi connectivity index (χ1n) is 3.37. The summed E-state index contributed by atoms with van der Waals surface area (Å²) in [4.78, 5) is 1.70. The van der Waals surface area contributed by atoms with Crippen molar-refractivity contribution in [1.29, 1.82) is 0 Å². The summed E-state index contributed by atoms with van der Waals surface area (Å²) in [5.41, 5.74) is -1.38. The largest absolute Gasteiger partial charge is 0.426 e. The fourth-order valence-electron chi connectivity index (χ4n) is 1.04. The molecule has 0 atom stereocenters. The van der Waals surface area contributed by atoms with Crippen molar-refractivity contribution in [2.45, 2.75) is 0 Å². The Morgan fingerprint density at radius 2 is 1.50 bits per heavy atom. The number of aromatic amines is 1. The Kier molecular flexibility index (Phi) is 1.84. The van der Waals surface area contributed by atoms with Crippen LogP contribution in [-0.2, 0) is 0 Å². The molecule has 1 heterocycles. The smallest absolute Gasteiger partial charge is 0.267 e. The molecule has 0 aliphatic carbocycles. The summed E-state index contributed by atoms with van der Waals surface area (Å²) < 4.78 is 55.6. The van der Waals surface area contributed by atoms with Gasteiger partial charge in [-0.05, 0) is 12.2 Å². The molecule has 2 aromatic rings. The third kappa shape index (κ3) is 1.05. The summed E-state index contributed by atoms with van der Waals surface area (Å²) in [6.45, 7) is 0. The predicted octanol–water partition coefficient (Wildman–Crippen LogP) is 3.05. The Morgan fingerprint density at radius 1 is 0.929 bits per heavy atom. The lowest BCUT2D eigenvalue weighted by atomic mass is 10.3. The van der Waals surface area contributed by atoms with E-state index in [0.29, 0.717) is 0 Å². The lowest BCUT2D eigenvalue weighted by Gasteiger charge is -1.96. The van der Waals surface area contributed by atoms with Crippen LogP contribution in [0.15, 0.2) is 4.42 Å². The lowest BCUT2D eigenvalue weighted by molar-refractivity contribution is 0.410. The van der Waals surface area contributed by atoms with Gasteiger partial charge in [0.1, 0.15) is 5.52 Å². The van der Waals surface area contributed by atoms with Gasteiger partial charge in [0, 0.05) is 0 Å². The van der Waals surface area contributed by atoms with Crippen LogP contribution in [0.2, 0.25) is 0 Å². The van der Waals surface area contributed by atoms with Gasteiger partial charge in [0.2, 0.25) is 11.6 Å². The van der Waals surface area contributed by atoms with Crippen molar-refractivity contribution in [2.24, 2.45) is 0 Å². The van der Waals surface area contributed by atoms with E-state index in [9.17, 15) is 17.6 Å². The van der Waals surface area contributed by atoms with Crippen molar-refractivity contribution >= 4 is 23.3 Å². The number of benzene rings is 1. The Labute approximate surface area is 79.1 Å². The highest BCUT2D eigenvalue weighted by atomic mass is 32.1. The molecule has 14 heavy (non-hydrogen) atoms. The molecule has 0 saturated heterocycles. The Hall–Kier alpha value is -1.37. The molecule has 2 rings (SSSR count). The molecule has 1 N–H and O–H groups in total. The van der Waals surface area contributed by atoms with Crippen molar-refractivity contribution < 1.29 is 22.0 Å². The SMILES string of the molecule is Fc1c(F)c(F)c2oc(=S)[nH]c2c1F. The molecule has 0 radical (unpaired) electrons. The number of H-pyrrole nitrogens is 1. The van der Waals surface area contributed by atoms with Gasteiger partial charge in [-0.25, -0.2) is 13.2 Å². The van der Waals surface area contributed by atoms with Crippen LogP contribution in [0.25, 0.3) is 11.1 Å². The van der Waals surface area contributed by atoms with E-state index in [1.165, 1.54) is 0 Å². The molecule has 0 unspecified atom stereocenters. The van der Waals surface area contributed by atoms with Crippen molar-refractivity contribution in [2.75, 3.05) is 0 Å². The summed E-state index contributed by atoms with van der Waals surface area (Å²) in [5, 5.41) is 0. The minimum atomic E-state index is -1.92. The molecule has 0 aliphatic rings. The highest BCUT2D eigenvalue weighted by Crippen LogP contribution is 2.25. The third-order valence-corrected chi connectivity index (χ3v) is 1.83. The minimum absolute atomic E-state index is 0.359. The molecule has 74 valence electrons. The molecule has 1 aromatic carbocycles. The number of oxazole rings is 1. The van der Waals surface area contributed by atoms with E-state index in [0.717, 1.165) is 0 Å². The highest BCUT2D eigenvalue weighted by Gasteiger charge is 2.23. The van der Waals surface area contributed by atoms with Gasteiger partial charge in [-0.1, -0.05) is 0 Å². The zero-order valence-corrected chi connectivity index (χ0v) is 7.14. The van der Waals surface area contributed by atoms with Crippen molar-refractivity contribution in [3.8, 4) is 0 Å². The maximum Gasteiger partial charge on any atom is 0.267 e. The first kappa shape index (κ1) is 9.20. The third-order valence-electron chi connectivity index (χ3n) is 1.65. The van der Waals surface area contributed by atoms with Gasteiger partial charge >= 0.3 is 0 Å². The van der Waals surface area contributed by atoms with Crippen LogP contribution in [0.4, 0.5) is 17.6 Å². The average molecular weight is 223 g/mol. The Bertz CT molecular complexity index is 525. The van der Waals surface area contributed by atoms with Crippen molar-refractivity contribution in [3.63, 3.8) is 0 Å². The van der Waals surface area contributed by atoms with Gasteiger partial charge in [-0.15, -0.1) is 0 Å². The molecule has 0 aliphatic heterocycles.